The third kappa shape index (κ3) is 3.07. The molecule has 0 saturated heterocycles. The van der Waals surface area contributed by atoms with Gasteiger partial charge in [-0.25, -0.2) is 4.39 Å². The lowest BCUT2D eigenvalue weighted by atomic mass is 9.74. The number of hydrogen-bond donors (Lipinski definition) is 1. The van der Waals surface area contributed by atoms with E-state index in [1.807, 2.05) is 6.92 Å². The Morgan fingerprint density at radius 3 is 2.95 bits per heavy atom. The molecule has 20 heavy (non-hydrogen) atoms. The Morgan fingerprint density at radius 1 is 1.55 bits per heavy atom. The minimum absolute atomic E-state index is 0.321. The third-order valence-corrected chi connectivity index (χ3v) is 4.81. The van der Waals surface area contributed by atoms with Crippen molar-refractivity contribution in [1.82, 2.24) is 0 Å². The second kappa shape index (κ2) is 6.54. The fourth-order valence-electron chi connectivity index (χ4n) is 3.30. The summed E-state index contributed by atoms with van der Waals surface area (Å²) in [6, 6.07) is 5.03. The standard InChI is InChI=1S/C16H22BrFO2/c1-3-20-16(9-5-6-11(2)10-16)15(19)12-7-4-8-13(17)14(12)18/h4,7-8,11,15,19H,3,5-6,9-10H2,1-2H3. The summed E-state index contributed by atoms with van der Waals surface area (Å²) >= 11 is 3.18. The molecule has 3 atom stereocenters. The van der Waals surface area contributed by atoms with Gasteiger partial charge in [0.25, 0.3) is 0 Å². The van der Waals surface area contributed by atoms with Crippen molar-refractivity contribution in [2.24, 2.45) is 5.92 Å². The van der Waals surface area contributed by atoms with Crippen molar-refractivity contribution in [2.45, 2.75) is 51.2 Å². The van der Waals surface area contributed by atoms with Crippen LogP contribution in [0, 0.1) is 11.7 Å². The van der Waals surface area contributed by atoms with E-state index in [0.29, 0.717) is 22.6 Å². The quantitative estimate of drug-likeness (QED) is 0.864. The van der Waals surface area contributed by atoms with E-state index < -0.39 is 17.5 Å². The van der Waals surface area contributed by atoms with Crippen LogP contribution in [0.4, 0.5) is 4.39 Å². The number of rotatable bonds is 4. The number of aliphatic hydroxyl groups is 1. The Hall–Kier alpha value is -0.450. The molecular formula is C16H22BrFO2. The normalized spacial score (nSPS) is 28.4. The van der Waals surface area contributed by atoms with Gasteiger partial charge < -0.3 is 9.84 Å². The number of ether oxygens (including phenoxy) is 1. The van der Waals surface area contributed by atoms with E-state index in [1.54, 1.807) is 18.2 Å². The summed E-state index contributed by atoms with van der Waals surface area (Å²) in [5, 5.41) is 10.8. The lowest BCUT2D eigenvalue weighted by Gasteiger charge is -2.43. The fraction of sp³-hybridized carbons (Fsp3) is 0.625. The van der Waals surface area contributed by atoms with Crippen LogP contribution in [0.25, 0.3) is 0 Å². The zero-order chi connectivity index (χ0) is 14.8. The monoisotopic (exact) mass is 344 g/mol. The first-order valence-electron chi connectivity index (χ1n) is 7.26. The molecule has 1 fully saturated rings. The molecule has 3 unspecified atom stereocenters. The van der Waals surface area contributed by atoms with Gasteiger partial charge in [-0.3, -0.25) is 0 Å². The zero-order valence-electron chi connectivity index (χ0n) is 12.0. The van der Waals surface area contributed by atoms with Gasteiger partial charge in [0, 0.05) is 12.2 Å². The summed E-state index contributed by atoms with van der Waals surface area (Å²) in [7, 11) is 0. The fourth-order valence-corrected chi connectivity index (χ4v) is 3.69. The van der Waals surface area contributed by atoms with Crippen molar-refractivity contribution >= 4 is 15.9 Å². The molecule has 112 valence electrons. The van der Waals surface area contributed by atoms with Crippen molar-refractivity contribution in [1.29, 1.82) is 0 Å². The van der Waals surface area contributed by atoms with Crippen molar-refractivity contribution in [3.63, 3.8) is 0 Å². The van der Waals surface area contributed by atoms with Gasteiger partial charge in [-0.1, -0.05) is 31.9 Å². The maximum atomic E-state index is 14.3. The Balaban J connectivity index is 2.35. The van der Waals surface area contributed by atoms with Gasteiger partial charge >= 0.3 is 0 Å². The maximum absolute atomic E-state index is 14.3. The molecule has 1 aliphatic carbocycles. The van der Waals surface area contributed by atoms with Crippen molar-refractivity contribution in [3.8, 4) is 0 Å². The topological polar surface area (TPSA) is 29.5 Å². The first kappa shape index (κ1) is 15.9. The number of hydrogen-bond acceptors (Lipinski definition) is 2. The molecule has 1 saturated carbocycles. The molecule has 0 aliphatic heterocycles. The molecule has 0 spiro atoms. The van der Waals surface area contributed by atoms with Gasteiger partial charge in [-0.15, -0.1) is 0 Å². The average molecular weight is 345 g/mol. The van der Waals surface area contributed by atoms with Crippen LogP contribution >= 0.6 is 15.9 Å². The highest BCUT2D eigenvalue weighted by molar-refractivity contribution is 9.10. The zero-order valence-corrected chi connectivity index (χ0v) is 13.6. The largest absolute Gasteiger partial charge is 0.385 e. The molecule has 1 aromatic rings. The van der Waals surface area contributed by atoms with E-state index in [9.17, 15) is 9.50 Å². The molecule has 1 aromatic carbocycles. The predicted octanol–water partition coefficient (Wildman–Crippen LogP) is 4.61. The highest BCUT2D eigenvalue weighted by Gasteiger charge is 2.43. The Bertz CT molecular complexity index is 462. The van der Waals surface area contributed by atoms with Crippen LogP contribution in [0.1, 0.15) is 51.2 Å². The molecule has 4 heteroatoms. The minimum Gasteiger partial charge on any atom is -0.385 e. The van der Waals surface area contributed by atoms with Gasteiger partial charge in [0.1, 0.15) is 11.9 Å². The van der Waals surface area contributed by atoms with Crippen molar-refractivity contribution in [2.75, 3.05) is 6.61 Å². The SMILES string of the molecule is CCOC1(C(O)c2cccc(Br)c2F)CCCC(C)C1. The van der Waals surface area contributed by atoms with E-state index in [1.165, 1.54) is 0 Å². The molecule has 0 heterocycles. The average Bonchev–Trinajstić information content (AvgIpc) is 2.41. The van der Waals surface area contributed by atoms with Gasteiger partial charge in [0.05, 0.1) is 10.1 Å². The highest BCUT2D eigenvalue weighted by atomic mass is 79.9. The first-order chi connectivity index (χ1) is 9.50. The summed E-state index contributed by atoms with van der Waals surface area (Å²) in [5.41, 5.74) is -0.337. The second-order valence-corrected chi connectivity index (χ2v) is 6.60. The minimum atomic E-state index is -0.928. The molecule has 0 bridgehead atoms. The summed E-state index contributed by atoms with van der Waals surface area (Å²) in [6.45, 7) is 4.61. The lowest BCUT2D eigenvalue weighted by molar-refractivity contribution is -0.150. The van der Waals surface area contributed by atoms with Gasteiger partial charge in [-0.05, 0) is 47.7 Å². The smallest absolute Gasteiger partial charge is 0.143 e. The molecule has 1 aliphatic rings. The molecular weight excluding hydrogens is 323 g/mol. The van der Waals surface area contributed by atoms with E-state index in [2.05, 4.69) is 22.9 Å². The van der Waals surface area contributed by atoms with Crippen LogP contribution in [0.5, 0.6) is 0 Å². The molecule has 0 radical (unpaired) electrons. The maximum Gasteiger partial charge on any atom is 0.143 e. The van der Waals surface area contributed by atoms with Gasteiger partial charge in [-0.2, -0.15) is 0 Å². The number of halogens is 2. The predicted molar refractivity (Wildman–Crippen MR) is 81.0 cm³/mol. The van der Waals surface area contributed by atoms with Crippen LogP contribution in [0.15, 0.2) is 22.7 Å². The molecule has 1 N–H and O–H groups in total. The van der Waals surface area contributed by atoms with E-state index in [0.717, 1.165) is 25.7 Å². The highest BCUT2D eigenvalue weighted by Crippen LogP contribution is 2.44. The second-order valence-electron chi connectivity index (χ2n) is 5.74. The van der Waals surface area contributed by atoms with Gasteiger partial charge in [0.2, 0.25) is 0 Å². The molecule has 0 aromatic heterocycles. The van der Waals surface area contributed by atoms with E-state index in [4.69, 9.17) is 4.74 Å². The molecule has 2 rings (SSSR count). The first-order valence-corrected chi connectivity index (χ1v) is 8.05. The summed E-state index contributed by atoms with van der Waals surface area (Å²) in [6.07, 6.45) is 2.77. The molecule has 2 nitrogen and oxygen atoms in total. The summed E-state index contributed by atoms with van der Waals surface area (Å²) in [5.74, 6) is 0.0949. The van der Waals surface area contributed by atoms with Crippen LogP contribution in [0.2, 0.25) is 0 Å². The Morgan fingerprint density at radius 2 is 2.30 bits per heavy atom. The third-order valence-electron chi connectivity index (χ3n) is 4.20. The van der Waals surface area contributed by atoms with E-state index >= 15 is 0 Å². The summed E-state index contributed by atoms with van der Waals surface area (Å²) < 4.78 is 20.6. The lowest BCUT2D eigenvalue weighted by Crippen LogP contribution is -2.44. The van der Waals surface area contributed by atoms with Gasteiger partial charge in [0.15, 0.2) is 0 Å². The Kier molecular flexibility index (Phi) is 5.21. The number of aliphatic hydroxyl groups excluding tert-OH is 1. The Labute approximate surface area is 128 Å². The van der Waals surface area contributed by atoms with Crippen LogP contribution in [-0.2, 0) is 4.74 Å². The van der Waals surface area contributed by atoms with Crippen LogP contribution < -0.4 is 0 Å². The van der Waals surface area contributed by atoms with E-state index in [-0.39, 0.29) is 0 Å². The molecule has 0 amide bonds. The summed E-state index contributed by atoms with van der Waals surface area (Å²) in [4.78, 5) is 0. The van der Waals surface area contributed by atoms with Crippen molar-refractivity contribution < 1.29 is 14.2 Å². The van der Waals surface area contributed by atoms with Crippen LogP contribution in [0.3, 0.4) is 0 Å². The number of benzene rings is 1. The van der Waals surface area contributed by atoms with Crippen molar-refractivity contribution in [3.05, 3.63) is 34.1 Å². The van der Waals surface area contributed by atoms with Crippen LogP contribution in [-0.4, -0.2) is 17.3 Å².